The molecule has 0 radical (unpaired) electrons. The van der Waals surface area contributed by atoms with Gasteiger partial charge in [-0.05, 0) is 56.6 Å². The van der Waals surface area contributed by atoms with E-state index in [0.717, 1.165) is 44.1 Å². The molecule has 3 rings (SSSR count). The van der Waals surface area contributed by atoms with Crippen LogP contribution in [0.2, 0.25) is 0 Å². The zero-order valence-corrected chi connectivity index (χ0v) is 15.2. The number of allylic oxidation sites excluding steroid dienone is 1. The van der Waals surface area contributed by atoms with E-state index in [1.165, 1.54) is 0 Å². The van der Waals surface area contributed by atoms with E-state index in [4.69, 9.17) is 4.74 Å². The normalized spacial score (nSPS) is 24.3. The molecule has 1 fully saturated rings. The van der Waals surface area contributed by atoms with Gasteiger partial charge in [0, 0.05) is 11.5 Å². The monoisotopic (exact) mass is 344 g/mol. The number of carboxylic acids is 1. The summed E-state index contributed by atoms with van der Waals surface area (Å²) in [6, 6.07) is 1.86. The number of rotatable bonds is 6. The number of carbonyl (C=O) groups is 1. The number of fused-ring (bicyclic) bond motifs is 3. The van der Waals surface area contributed by atoms with Crippen molar-refractivity contribution < 1.29 is 19.7 Å². The van der Waals surface area contributed by atoms with Crippen LogP contribution >= 0.6 is 0 Å². The summed E-state index contributed by atoms with van der Waals surface area (Å²) in [6.45, 7) is 8.24. The van der Waals surface area contributed by atoms with E-state index in [9.17, 15) is 15.0 Å². The zero-order valence-electron chi connectivity index (χ0n) is 15.2. The first-order valence-electron chi connectivity index (χ1n) is 9.39. The van der Waals surface area contributed by atoms with Gasteiger partial charge in [-0.1, -0.05) is 31.9 Å². The van der Waals surface area contributed by atoms with Crippen LogP contribution in [0.5, 0.6) is 11.5 Å². The maximum Gasteiger partial charge on any atom is 0.339 e. The number of aryl methyl sites for hydroxylation is 1. The smallest absolute Gasteiger partial charge is 0.339 e. The van der Waals surface area contributed by atoms with E-state index in [1.807, 2.05) is 13.0 Å². The van der Waals surface area contributed by atoms with Crippen molar-refractivity contribution in [3.05, 3.63) is 34.9 Å². The van der Waals surface area contributed by atoms with E-state index in [2.05, 4.69) is 13.5 Å². The Morgan fingerprint density at radius 3 is 2.76 bits per heavy atom. The molecule has 4 heteroatoms. The third-order valence-electron chi connectivity index (χ3n) is 5.73. The molecule has 1 aliphatic carbocycles. The molecule has 0 bridgehead atoms. The highest BCUT2D eigenvalue weighted by atomic mass is 16.5. The lowest BCUT2D eigenvalue weighted by atomic mass is 9.71. The van der Waals surface area contributed by atoms with Crippen LogP contribution < -0.4 is 4.74 Å². The molecule has 25 heavy (non-hydrogen) atoms. The number of aromatic carboxylic acids is 1. The fraction of sp³-hybridized carbons (Fsp3) is 0.571. The van der Waals surface area contributed by atoms with E-state index >= 15 is 0 Å². The predicted molar refractivity (Wildman–Crippen MR) is 97.6 cm³/mol. The standard InChI is InChI=1S/C21H28O4/c1-4-5-6-8-13-11-16-19(20(22)17(13)21(23)24)18-14(12(2)3)9-7-10-15(18)25-16/h11,14-15,18,22H,2,4-10H2,1,3H3,(H,23,24). The molecule has 136 valence electrons. The van der Waals surface area contributed by atoms with Crippen molar-refractivity contribution in [2.24, 2.45) is 5.92 Å². The topological polar surface area (TPSA) is 66.8 Å². The van der Waals surface area contributed by atoms with Gasteiger partial charge in [0.15, 0.2) is 0 Å². The van der Waals surface area contributed by atoms with Crippen LogP contribution in [-0.4, -0.2) is 22.3 Å². The second-order valence-electron chi connectivity index (χ2n) is 7.50. The first kappa shape index (κ1) is 17.8. The Hall–Kier alpha value is -1.97. The van der Waals surface area contributed by atoms with Gasteiger partial charge in [0.1, 0.15) is 23.2 Å². The number of unbranched alkanes of at least 4 members (excludes halogenated alkanes) is 2. The Kier molecular flexibility index (Phi) is 5.07. The summed E-state index contributed by atoms with van der Waals surface area (Å²) in [5, 5.41) is 20.6. The minimum atomic E-state index is -1.06. The van der Waals surface area contributed by atoms with Crippen LogP contribution in [-0.2, 0) is 6.42 Å². The van der Waals surface area contributed by atoms with Gasteiger partial charge in [0.05, 0.1) is 0 Å². The molecule has 0 saturated heterocycles. The first-order valence-corrected chi connectivity index (χ1v) is 9.39. The Morgan fingerprint density at radius 1 is 1.36 bits per heavy atom. The number of hydrogen-bond donors (Lipinski definition) is 2. The molecule has 1 aromatic rings. The summed E-state index contributed by atoms with van der Waals surface area (Å²) in [5.74, 6) is -0.213. The van der Waals surface area contributed by atoms with Crippen LogP contribution in [0.25, 0.3) is 0 Å². The molecular formula is C21H28O4. The van der Waals surface area contributed by atoms with Crippen molar-refractivity contribution in [2.45, 2.75) is 70.8 Å². The van der Waals surface area contributed by atoms with Gasteiger partial charge in [0.2, 0.25) is 0 Å². The molecule has 4 nitrogen and oxygen atoms in total. The number of hydrogen-bond acceptors (Lipinski definition) is 3. The highest BCUT2D eigenvalue weighted by Crippen LogP contribution is 2.54. The van der Waals surface area contributed by atoms with Gasteiger partial charge >= 0.3 is 5.97 Å². The van der Waals surface area contributed by atoms with Crippen molar-refractivity contribution in [1.29, 1.82) is 0 Å². The van der Waals surface area contributed by atoms with E-state index < -0.39 is 5.97 Å². The van der Waals surface area contributed by atoms with Crippen molar-refractivity contribution in [3.8, 4) is 11.5 Å². The average molecular weight is 344 g/mol. The molecule has 1 aliphatic heterocycles. The molecule has 2 aliphatic rings. The van der Waals surface area contributed by atoms with Crippen molar-refractivity contribution in [1.82, 2.24) is 0 Å². The number of ether oxygens (including phenoxy) is 1. The van der Waals surface area contributed by atoms with Gasteiger partial charge in [-0.2, -0.15) is 0 Å². The Morgan fingerprint density at radius 2 is 2.12 bits per heavy atom. The predicted octanol–water partition coefficient (Wildman–Crippen LogP) is 5.04. The molecular weight excluding hydrogens is 316 g/mol. The van der Waals surface area contributed by atoms with E-state index in [1.54, 1.807) is 0 Å². The van der Waals surface area contributed by atoms with Gasteiger partial charge in [-0.15, -0.1) is 0 Å². The Bertz CT molecular complexity index is 692. The number of carboxylic acid groups (broad SMARTS) is 1. The molecule has 2 N–H and O–H groups in total. The van der Waals surface area contributed by atoms with Gasteiger partial charge in [0.25, 0.3) is 0 Å². The molecule has 0 aromatic heterocycles. The Balaban J connectivity index is 2.06. The molecule has 1 heterocycles. The summed E-state index contributed by atoms with van der Waals surface area (Å²) < 4.78 is 6.16. The molecule has 0 amide bonds. The third kappa shape index (κ3) is 3.14. The van der Waals surface area contributed by atoms with Crippen molar-refractivity contribution in [2.75, 3.05) is 0 Å². The zero-order chi connectivity index (χ0) is 18.1. The van der Waals surface area contributed by atoms with Crippen LogP contribution in [0, 0.1) is 5.92 Å². The number of benzene rings is 1. The van der Waals surface area contributed by atoms with Crippen LogP contribution in [0.4, 0.5) is 0 Å². The SMILES string of the molecule is C=C(C)C1CCCC2Oc3cc(CCCCC)c(C(=O)O)c(O)c3C21. The van der Waals surface area contributed by atoms with E-state index in [0.29, 0.717) is 23.3 Å². The van der Waals surface area contributed by atoms with Crippen LogP contribution in [0.3, 0.4) is 0 Å². The summed E-state index contributed by atoms with van der Waals surface area (Å²) in [4.78, 5) is 11.8. The second-order valence-corrected chi connectivity index (χ2v) is 7.50. The molecule has 3 atom stereocenters. The van der Waals surface area contributed by atoms with Gasteiger partial charge in [-0.25, -0.2) is 4.79 Å². The second kappa shape index (κ2) is 7.11. The molecule has 3 unspecified atom stereocenters. The lowest BCUT2D eigenvalue weighted by molar-refractivity contribution is 0.0692. The minimum Gasteiger partial charge on any atom is -0.507 e. The van der Waals surface area contributed by atoms with E-state index in [-0.39, 0.29) is 29.3 Å². The van der Waals surface area contributed by atoms with Crippen LogP contribution in [0.1, 0.15) is 79.8 Å². The highest BCUT2D eigenvalue weighted by molar-refractivity contribution is 5.94. The average Bonchev–Trinajstić information content (AvgIpc) is 2.92. The fourth-order valence-electron chi connectivity index (χ4n) is 4.52. The minimum absolute atomic E-state index is 0.0175. The van der Waals surface area contributed by atoms with Crippen LogP contribution in [0.15, 0.2) is 18.2 Å². The molecule has 1 saturated carbocycles. The van der Waals surface area contributed by atoms with Gasteiger partial charge < -0.3 is 14.9 Å². The lowest BCUT2D eigenvalue weighted by Gasteiger charge is -2.33. The Labute approximate surface area is 149 Å². The molecule has 1 aromatic carbocycles. The first-order chi connectivity index (χ1) is 12.0. The lowest BCUT2D eigenvalue weighted by Crippen LogP contribution is -2.30. The van der Waals surface area contributed by atoms with Crippen molar-refractivity contribution in [3.63, 3.8) is 0 Å². The maximum atomic E-state index is 11.8. The maximum absolute atomic E-state index is 11.8. The summed E-state index contributed by atoms with van der Waals surface area (Å²) >= 11 is 0. The van der Waals surface area contributed by atoms with Gasteiger partial charge in [-0.3, -0.25) is 0 Å². The number of phenols is 1. The summed E-state index contributed by atoms with van der Waals surface area (Å²) in [5.41, 5.74) is 2.51. The summed E-state index contributed by atoms with van der Waals surface area (Å²) in [6.07, 6.45) is 6.72. The summed E-state index contributed by atoms with van der Waals surface area (Å²) in [7, 11) is 0. The number of aromatic hydroxyl groups is 1. The fourth-order valence-corrected chi connectivity index (χ4v) is 4.52. The molecule has 0 spiro atoms. The van der Waals surface area contributed by atoms with Crippen molar-refractivity contribution >= 4 is 5.97 Å². The largest absolute Gasteiger partial charge is 0.507 e. The quantitative estimate of drug-likeness (QED) is 0.560. The third-order valence-corrected chi connectivity index (χ3v) is 5.73. The highest BCUT2D eigenvalue weighted by Gasteiger charge is 2.45.